The van der Waals surface area contributed by atoms with Crippen LogP contribution in [0.1, 0.15) is 124 Å². The van der Waals surface area contributed by atoms with Crippen molar-refractivity contribution in [1.82, 2.24) is 0 Å². The average molecular weight is 447 g/mol. The molecule has 4 saturated carbocycles. The zero-order valence-electron chi connectivity index (χ0n) is 21.4. The van der Waals surface area contributed by atoms with Gasteiger partial charge in [-0.05, 0) is 98.2 Å². The van der Waals surface area contributed by atoms with Crippen molar-refractivity contribution in [1.29, 1.82) is 0 Å². The van der Waals surface area contributed by atoms with Crippen LogP contribution >= 0.6 is 0 Å². The summed E-state index contributed by atoms with van der Waals surface area (Å²) in [5.41, 5.74) is 0.722. The van der Waals surface area contributed by atoms with Crippen LogP contribution in [0.15, 0.2) is 0 Å². The predicted molar refractivity (Wildman–Crippen MR) is 130 cm³/mol. The highest BCUT2D eigenvalue weighted by Gasteiger charge is 2.62. The third-order valence-electron chi connectivity index (χ3n) is 11.1. The number of unbranched alkanes of at least 4 members (excludes halogenated alkanes) is 5. The van der Waals surface area contributed by atoms with E-state index in [-0.39, 0.29) is 23.6 Å². The van der Waals surface area contributed by atoms with E-state index < -0.39 is 0 Å². The van der Waals surface area contributed by atoms with Crippen LogP contribution in [0.4, 0.5) is 0 Å². The lowest BCUT2D eigenvalue weighted by atomic mass is 9.44. The molecule has 0 aromatic carbocycles. The van der Waals surface area contributed by atoms with Crippen molar-refractivity contribution in [3.05, 3.63) is 0 Å². The molecule has 1 N–H and O–H groups in total. The van der Waals surface area contributed by atoms with Gasteiger partial charge in [0.15, 0.2) is 0 Å². The maximum atomic E-state index is 11.5. The smallest absolute Gasteiger partial charge is 0.302 e. The second kappa shape index (κ2) is 9.96. The van der Waals surface area contributed by atoms with Gasteiger partial charge in [0.05, 0.1) is 6.10 Å². The summed E-state index contributed by atoms with van der Waals surface area (Å²) < 4.78 is 5.59. The maximum Gasteiger partial charge on any atom is 0.302 e. The lowest BCUT2D eigenvalue weighted by Crippen LogP contribution is -2.58. The lowest BCUT2D eigenvalue weighted by molar-refractivity contribution is -0.181. The summed E-state index contributed by atoms with van der Waals surface area (Å²) in [4.78, 5) is 11.5. The Labute approximate surface area is 197 Å². The Kier molecular flexibility index (Phi) is 7.64. The van der Waals surface area contributed by atoms with E-state index in [1.54, 1.807) is 0 Å². The highest BCUT2D eigenvalue weighted by molar-refractivity contribution is 5.66. The number of ether oxygens (including phenoxy) is 1. The number of aliphatic hydroxyl groups is 1. The summed E-state index contributed by atoms with van der Waals surface area (Å²) in [7, 11) is 0. The summed E-state index contributed by atoms with van der Waals surface area (Å²) in [5, 5.41) is 11.3. The molecule has 3 nitrogen and oxygen atoms in total. The van der Waals surface area contributed by atoms with Gasteiger partial charge >= 0.3 is 5.97 Å². The van der Waals surface area contributed by atoms with Crippen LogP contribution in [0, 0.1) is 40.4 Å². The number of hydrogen-bond acceptors (Lipinski definition) is 3. The largest absolute Gasteiger partial charge is 0.463 e. The van der Waals surface area contributed by atoms with Crippen molar-refractivity contribution in [3.8, 4) is 0 Å². The van der Waals surface area contributed by atoms with Gasteiger partial charge in [0.25, 0.3) is 0 Å². The van der Waals surface area contributed by atoms with Crippen LogP contribution in [0.5, 0.6) is 0 Å². The van der Waals surface area contributed by atoms with Gasteiger partial charge in [-0.15, -0.1) is 0 Å². The molecule has 4 aliphatic rings. The molecule has 9 atom stereocenters. The molecule has 0 radical (unpaired) electrons. The molecule has 0 aliphatic heterocycles. The van der Waals surface area contributed by atoms with E-state index in [2.05, 4.69) is 20.8 Å². The quantitative estimate of drug-likeness (QED) is 0.314. The van der Waals surface area contributed by atoms with E-state index in [0.717, 1.165) is 43.4 Å². The molecule has 0 aromatic rings. The summed E-state index contributed by atoms with van der Waals surface area (Å²) in [6, 6.07) is 0. The minimum atomic E-state index is -0.223. The van der Waals surface area contributed by atoms with E-state index in [1.165, 1.54) is 77.6 Å². The number of carbonyl (C=O) groups is 1. The van der Waals surface area contributed by atoms with Crippen molar-refractivity contribution in [3.63, 3.8) is 0 Å². The van der Waals surface area contributed by atoms with Crippen LogP contribution in [-0.2, 0) is 9.53 Å². The molecule has 0 amide bonds. The highest BCUT2D eigenvalue weighted by atomic mass is 16.5. The number of esters is 1. The fourth-order valence-electron chi connectivity index (χ4n) is 9.36. The number of fused-ring (bicyclic) bond motifs is 5. The topological polar surface area (TPSA) is 46.5 Å². The van der Waals surface area contributed by atoms with E-state index >= 15 is 0 Å². The molecule has 0 heterocycles. The number of carbonyl (C=O) groups excluding carboxylic acids is 1. The molecular weight excluding hydrogens is 396 g/mol. The molecule has 4 rings (SSSR count). The Balaban J connectivity index is 1.40. The number of aliphatic hydroxyl groups excluding tert-OH is 1. The molecular formula is C29H50O3. The van der Waals surface area contributed by atoms with Crippen molar-refractivity contribution < 1.29 is 14.6 Å². The zero-order chi connectivity index (χ0) is 22.9. The van der Waals surface area contributed by atoms with Crippen molar-refractivity contribution in [2.75, 3.05) is 0 Å². The zero-order valence-corrected chi connectivity index (χ0v) is 21.4. The molecule has 0 bridgehead atoms. The van der Waals surface area contributed by atoms with Crippen molar-refractivity contribution in [2.24, 2.45) is 40.4 Å². The minimum Gasteiger partial charge on any atom is -0.463 e. The lowest BCUT2D eigenvalue weighted by Gasteiger charge is -2.62. The average Bonchev–Trinajstić information content (AvgIpc) is 3.08. The summed E-state index contributed by atoms with van der Waals surface area (Å²) in [6.07, 6.45) is 19.1. The predicted octanol–water partition coefficient (Wildman–Crippen LogP) is 7.30. The highest BCUT2D eigenvalue weighted by Crippen LogP contribution is 2.68. The molecule has 0 saturated heterocycles. The first-order valence-electron chi connectivity index (χ1n) is 14.1. The number of rotatable bonds is 8. The van der Waals surface area contributed by atoms with Gasteiger partial charge in [-0.2, -0.15) is 0 Å². The van der Waals surface area contributed by atoms with Crippen molar-refractivity contribution in [2.45, 2.75) is 136 Å². The first-order chi connectivity index (χ1) is 15.3. The van der Waals surface area contributed by atoms with Gasteiger partial charge < -0.3 is 9.84 Å². The second-order valence-electron chi connectivity index (χ2n) is 12.7. The van der Waals surface area contributed by atoms with E-state index in [9.17, 15) is 9.90 Å². The Hall–Kier alpha value is -0.570. The molecule has 0 aromatic heterocycles. The van der Waals surface area contributed by atoms with E-state index in [0.29, 0.717) is 17.3 Å². The summed E-state index contributed by atoms with van der Waals surface area (Å²) in [6.45, 7) is 8.92. The third kappa shape index (κ3) is 4.53. The fourth-order valence-corrected chi connectivity index (χ4v) is 9.36. The van der Waals surface area contributed by atoms with Crippen LogP contribution in [-0.4, -0.2) is 23.3 Å². The Morgan fingerprint density at radius 1 is 0.875 bits per heavy atom. The van der Waals surface area contributed by atoms with Crippen LogP contribution in [0.25, 0.3) is 0 Å². The monoisotopic (exact) mass is 446 g/mol. The Bertz CT molecular complexity index is 646. The molecule has 184 valence electrons. The van der Waals surface area contributed by atoms with Gasteiger partial charge in [0.2, 0.25) is 0 Å². The molecule has 1 unspecified atom stereocenters. The SMILES string of the molecule is CCCCCCCC[C@H]1CC[C@H]2[C@@H]3CC(O)[C@H]4C[C@@H](OC(C)=O)CC[C@]4(C)[C@H]3CC[C@]12C. The molecule has 4 aliphatic carbocycles. The van der Waals surface area contributed by atoms with Gasteiger partial charge in [-0.3, -0.25) is 4.79 Å². The summed E-state index contributed by atoms with van der Waals surface area (Å²) in [5.74, 6) is 3.29. The minimum absolute atomic E-state index is 0.0128. The first kappa shape index (κ1) is 24.6. The first-order valence-corrected chi connectivity index (χ1v) is 14.1. The number of hydrogen-bond donors (Lipinski definition) is 1. The van der Waals surface area contributed by atoms with Crippen LogP contribution in [0.3, 0.4) is 0 Å². The van der Waals surface area contributed by atoms with Crippen LogP contribution in [0.2, 0.25) is 0 Å². The molecule has 4 fully saturated rings. The van der Waals surface area contributed by atoms with Gasteiger partial charge in [-0.1, -0.05) is 59.3 Å². The van der Waals surface area contributed by atoms with Gasteiger partial charge in [0.1, 0.15) is 6.10 Å². The van der Waals surface area contributed by atoms with Crippen molar-refractivity contribution >= 4 is 5.97 Å². The maximum absolute atomic E-state index is 11.5. The van der Waals surface area contributed by atoms with E-state index in [1.807, 2.05) is 0 Å². The Morgan fingerprint density at radius 2 is 1.56 bits per heavy atom. The van der Waals surface area contributed by atoms with Gasteiger partial charge in [0, 0.05) is 6.92 Å². The molecule has 0 spiro atoms. The van der Waals surface area contributed by atoms with E-state index in [4.69, 9.17) is 4.74 Å². The molecule has 3 heteroatoms. The van der Waals surface area contributed by atoms with Gasteiger partial charge in [-0.25, -0.2) is 0 Å². The fraction of sp³-hybridized carbons (Fsp3) is 0.966. The standard InChI is InChI=1S/C29H50O3/c1-5-6-7-8-9-10-11-21-12-13-24-23-19-27(31)26-18-22(32-20(2)30)14-16-29(26,4)25(23)15-17-28(21,24)3/h21-27,31H,5-19H2,1-4H3/t21-,22-,23-,24-,25-,26+,27?,28+,29+/m0/s1. The Morgan fingerprint density at radius 3 is 2.31 bits per heavy atom. The molecule has 32 heavy (non-hydrogen) atoms. The third-order valence-corrected chi connectivity index (χ3v) is 11.1. The second-order valence-corrected chi connectivity index (χ2v) is 12.7. The van der Waals surface area contributed by atoms with Crippen LogP contribution < -0.4 is 0 Å². The normalized spacial score (nSPS) is 45.6. The summed E-state index contributed by atoms with van der Waals surface area (Å²) >= 11 is 0.